The van der Waals surface area contributed by atoms with Crippen molar-refractivity contribution in [3.05, 3.63) is 60.2 Å². The van der Waals surface area contributed by atoms with E-state index in [1.807, 2.05) is 42.5 Å². The van der Waals surface area contributed by atoms with Crippen molar-refractivity contribution in [3.8, 4) is 11.1 Å². The van der Waals surface area contributed by atoms with Crippen molar-refractivity contribution in [2.45, 2.75) is 0 Å². The van der Waals surface area contributed by atoms with Crippen LogP contribution in [0.3, 0.4) is 0 Å². The Bertz CT molecular complexity index is 561. The molecule has 0 aromatic heterocycles. The molecule has 4 heteroatoms. The molecule has 0 spiro atoms. The molecule has 0 aliphatic heterocycles. The molecule has 2 aromatic rings. The number of guanidine groups is 1. The second-order valence-electron chi connectivity index (χ2n) is 3.78. The lowest BCUT2D eigenvalue weighted by atomic mass is 10.0. The summed E-state index contributed by atoms with van der Waals surface area (Å²) >= 11 is 0. The number of hydrazone groups is 1. The summed E-state index contributed by atoms with van der Waals surface area (Å²) in [5.41, 5.74) is 10.8. The fourth-order valence-corrected chi connectivity index (χ4v) is 1.61. The molecule has 90 valence electrons. The molecule has 0 amide bonds. The molecule has 0 fully saturated rings. The topological polar surface area (TPSA) is 74.3 Å². The van der Waals surface area contributed by atoms with E-state index in [-0.39, 0.29) is 5.96 Å². The summed E-state index contributed by atoms with van der Waals surface area (Å²) in [5.74, 6) is -0.175. The van der Waals surface area contributed by atoms with Gasteiger partial charge in [0.1, 0.15) is 0 Å². The van der Waals surface area contributed by atoms with Crippen LogP contribution in [-0.2, 0) is 0 Å². The lowest BCUT2D eigenvalue weighted by Gasteiger charge is -2.02. The number of nitrogens with zero attached hydrogens (tertiary/aromatic N) is 1. The van der Waals surface area contributed by atoms with Crippen molar-refractivity contribution in [2.24, 2.45) is 10.8 Å². The minimum Gasteiger partial charge on any atom is -0.369 e. The predicted octanol–water partition coefficient (Wildman–Crippen LogP) is 2.17. The molecule has 4 nitrogen and oxygen atoms in total. The minimum atomic E-state index is -0.175. The van der Waals surface area contributed by atoms with Crippen LogP contribution >= 0.6 is 0 Å². The molecule has 0 unspecified atom stereocenters. The maximum absolute atomic E-state index is 6.99. The summed E-state index contributed by atoms with van der Waals surface area (Å²) in [5, 5.41) is 10.8. The van der Waals surface area contributed by atoms with E-state index in [1.54, 1.807) is 6.21 Å². The largest absolute Gasteiger partial charge is 0.369 e. The molecule has 0 radical (unpaired) electrons. The average molecular weight is 238 g/mol. The summed E-state index contributed by atoms with van der Waals surface area (Å²) in [6.07, 6.45) is 1.63. The van der Waals surface area contributed by atoms with E-state index in [0.29, 0.717) is 0 Å². The van der Waals surface area contributed by atoms with E-state index in [0.717, 1.165) is 16.7 Å². The van der Waals surface area contributed by atoms with Crippen molar-refractivity contribution in [2.75, 3.05) is 0 Å². The Morgan fingerprint density at radius 3 is 2.50 bits per heavy atom. The Morgan fingerprint density at radius 2 is 1.78 bits per heavy atom. The molecular weight excluding hydrogens is 224 g/mol. The van der Waals surface area contributed by atoms with Crippen LogP contribution in [0.25, 0.3) is 11.1 Å². The summed E-state index contributed by atoms with van der Waals surface area (Å²) < 4.78 is 0. The minimum absolute atomic E-state index is 0.175. The van der Waals surface area contributed by atoms with E-state index in [9.17, 15) is 0 Å². The highest BCUT2D eigenvalue weighted by Gasteiger charge is 1.96. The van der Waals surface area contributed by atoms with Gasteiger partial charge in [-0.3, -0.25) is 5.41 Å². The van der Waals surface area contributed by atoms with Gasteiger partial charge in [-0.2, -0.15) is 5.10 Å². The molecular formula is C14H14N4. The van der Waals surface area contributed by atoms with Crippen molar-refractivity contribution in [1.29, 1.82) is 5.41 Å². The first kappa shape index (κ1) is 11.9. The highest BCUT2D eigenvalue weighted by molar-refractivity contribution is 5.84. The Balaban J connectivity index is 2.20. The van der Waals surface area contributed by atoms with Crippen molar-refractivity contribution < 1.29 is 0 Å². The second-order valence-corrected chi connectivity index (χ2v) is 3.78. The molecule has 0 heterocycles. The third-order valence-corrected chi connectivity index (χ3v) is 2.39. The zero-order valence-corrected chi connectivity index (χ0v) is 9.80. The van der Waals surface area contributed by atoms with Gasteiger partial charge in [-0.25, -0.2) is 5.43 Å². The summed E-state index contributed by atoms with van der Waals surface area (Å²) in [6.45, 7) is 0. The van der Waals surface area contributed by atoms with Gasteiger partial charge in [-0.1, -0.05) is 48.5 Å². The number of hydrogen-bond donors (Lipinski definition) is 3. The molecule has 0 bridgehead atoms. The van der Waals surface area contributed by atoms with Crippen LogP contribution in [0, 0.1) is 5.41 Å². The van der Waals surface area contributed by atoms with Crippen LogP contribution in [0.1, 0.15) is 5.56 Å². The lowest BCUT2D eigenvalue weighted by Crippen LogP contribution is -2.25. The van der Waals surface area contributed by atoms with E-state index in [4.69, 9.17) is 11.1 Å². The van der Waals surface area contributed by atoms with Gasteiger partial charge in [0.2, 0.25) is 5.96 Å². The normalized spacial score (nSPS) is 10.4. The molecule has 0 saturated carbocycles. The molecule has 0 aliphatic carbocycles. The first-order valence-corrected chi connectivity index (χ1v) is 5.54. The zero-order valence-electron chi connectivity index (χ0n) is 9.80. The van der Waals surface area contributed by atoms with Crippen molar-refractivity contribution in [1.82, 2.24) is 5.43 Å². The third-order valence-electron chi connectivity index (χ3n) is 2.39. The smallest absolute Gasteiger partial charge is 0.206 e. The van der Waals surface area contributed by atoms with Gasteiger partial charge in [0.05, 0.1) is 6.21 Å². The summed E-state index contributed by atoms with van der Waals surface area (Å²) in [6, 6.07) is 18.1. The van der Waals surface area contributed by atoms with E-state index in [2.05, 4.69) is 22.7 Å². The van der Waals surface area contributed by atoms with Crippen LogP contribution in [0.2, 0.25) is 0 Å². The Kier molecular flexibility index (Phi) is 3.71. The van der Waals surface area contributed by atoms with Crippen LogP contribution in [0.5, 0.6) is 0 Å². The fraction of sp³-hybridized carbons (Fsp3) is 0. The average Bonchev–Trinajstić information content (AvgIpc) is 2.40. The van der Waals surface area contributed by atoms with Crippen LogP contribution in [-0.4, -0.2) is 12.2 Å². The van der Waals surface area contributed by atoms with Crippen LogP contribution < -0.4 is 11.2 Å². The number of nitrogens with two attached hydrogens (primary N) is 1. The highest BCUT2D eigenvalue weighted by Crippen LogP contribution is 2.19. The highest BCUT2D eigenvalue weighted by atomic mass is 15.3. The Morgan fingerprint density at radius 1 is 1.06 bits per heavy atom. The Labute approximate surface area is 106 Å². The van der Waals surface area contributed by atoms with Crippen LogP contribution in [0.15, 0.2) is 59.7 Å². The van der Waals surface area contributed by atoms with Gasteiger partial charge < -0.3 is 5.73 Å². The van der Waals surface area contributed by atoms with Crippen molar-refractivity contribution >= 4 is 12.2 Å². The monoisotopic (exact) mass is 238 g/mol. The quantitative estimate of drug-likeness (QED) is 0.435. The number of rotatable bonds is 3. The maximum atomic E-state index is 6.99. The van der Waals surface area contributed by atoms with Gasteiger partial charge in [-0.05, 0) is 22.8 Å². The molecule has 2 rings (SSSR count). The molecule has 18 heavy (non-hydrogen) atoms. The van der Waals surface area contributed by atoms with Crippen molar-refractivity contribution in [3.63, 3.8) is 0 Å². The van der Waals surface area contributed by atoms with Gasteiger partial charge in [0.25, 0.3) is 0 Å². The standard InChI is InChI=1S/C14H14N4/c15-14(16)18-17-10-11-5-4-8-13(9-11)12-6-2-1-3-7-12/h1-10H,(H4,15,16,18)/b17-10+. The first-order valence-electron chi connectivity index (χ1n) is 5.54. The molecule has 0 aliphatic rings. The number of hydrogen-bond acceptors (Lipinski definition) is 2. The molecule has 0 saturated heterocycles. The van der Waals surface area contributed by atoms with Gasteiger partial charge in [0, 0.05) is 0 Å². The van der Waals surface area contributed by atoms with E-state index >= 15 is 0 Å². The SMILES string of the molecule is N=C(N)N/N=C/c1cccc(-c2ccccc2)c1. The lowest BCUT2D eigenvalue weighted by molar-refractivity contribution is 1.00. The molecule has 4 N–H and O–H groups in total. The predicted molar refractivity (Wildman–Crippen MR) is 74.5 cm³/mol. The zero-order chi connectivity index (χ0) is 12.8. The molecule has 0 atom stereocenters. The fourth-order valence-electron chi connectivity index (χ4n) is 1.61. The Hall–Kier alpha value is -2.62. The maximum Gasteiger partial charge on any atom is 0.206 e. The van der Waals surface area contributed by atoms with Crippen LogP contribution in [0.4, 0.5) is 0 Å². The second kappa shape index (κ2) is 5.63. The third kappa shape index (κ3) is 3.18. The number of benzene rings is 2. The van der Waals surface area contributed by atoms with Gasteiger partial charge in [-0.15, -0.1) is 0 Å². The van der Waals surface area contributed by atoms with Gasteiger partial charge in [0.15, 0.2) is 0 Å². The van der Waals surface area contributed by atoms with E-state index < -0.39 is 0 Å². The first-order chi connectivity index (χ1) is 8.75. The van der Waals surface area contributed by atoms with E-state index in [1.165, 1.54) is 0 Å². The number of nitrogens with one attached hydrogen (secondary N) is 2. The summed E-state index contributed by atoms with van der Waals surface area (Å²) in [4.78, 5) is 0. The van der Waals surface area contributed by atoms with Gasteiger partial charge >= 0.3 is 0 Å². The molecule has 2 aromatic carbocycles. The summed E-state index contributed by atoms with van der Waals surface area (Å²) in [7, 11) is 0.